The molecule has 1 aromatic heterocycles. The molecule has 0 bridgehead atoms. The van der Waals surface area contributed by atoms with Gasteiger partial charge in [-0.1, -0.05) is 11.8 Å². The fourth-order valence-corrected chi connectivity index (χ4v) is 2.56. The van der Waals surface area contributed by atoms with Crippen molar-refractivity contribution in [3.8, 4) is 11.8 Å². The predicted octanol–water partition coefficient (Wildman–Crippen LogP) is 1.00. The van der Waals surface area contributed by atoms with Crippen molar-refractivity contribution in [1.82, 2.24) is 5.32 Å². The summed E-state index contributed by atoms with van der Waals surface area (Å²) >= 11 is 1.35. The Hall–Kier alpha value is -1.35. The van der Waals surface area contributed by atoms with Gasteiger partial charge in [-0.15, -0.1) is 11.3 Å². The van der Waals surface area contributed by atoms with Crippen molar-refractivity contribution in [2.75, 3.05) is 19.8 Å². The van der Waals surface area contributed by atoms with Gasteiger partial charge in [-0.3, -0.25) is 4.79 Å². The molecule has 5 heteroatoms. The molecule has 1 aliphatic rings. The van der Waals surface area contributed by atoms with Gasteiger partial charge in [-0.2, -0.15) is 0 Å². The van der Waals surface area contributed by atoms with Crippen LogP contribution < -0.4 is 5.32 Å². The van der Waals surface area contributed by atoms with Gasteiger partial charge in [0.25, 0.3) is 5.91 Å². The summed E-state index contributed by atoms with van der Waals surface area (Å²) in [5, 5.41) is 13.5. The van der Waals surface area contributed by atoms with Crippen LogP contribution in [0.2, 0.25) is 0 Å². The van der Waals surface area contributed by atoms with Crippen molar-refractivity contribution in [3.05, 3.63) is 21.9 Å². The number of hydrogen-bond acceptors (Lipinski definition) is 4. The minimum absolute atomic E-state index is 0.125. The third kappa shape index (κ3) is 2.91. The maximum Gasteiger partial charge on any atom is 0.263 e. The van der Waals surface area contributed by atoms with E-state index in [4.69, 9.17) is 9.84 Å². The zero-order valence-electron chi connectivity index (χ0n) is 10.2. The molecule has 0 radical (unpaired) electrons. The van der Waals surface area contributed by atoms with E-state index in [-0.39, 0.29) is 18.1 Å². The normalized spacial score (nSPS) is 22.3. The zero-order chi connectivity index (χ0) is 13.0. The van der Waals surface area contributed by atoms with E-state index in [0.29, 0.717) is 23.7 Å². The molecule has 2 N–H and O–H groups in total. The van der Waals surface area contributed by atoms with E-state index in [0.717, 1.165) is 6.42 Å². The Morgan fingerprint density at radius 3 is 3.22 bits per heavy atom. The number of carbonyl (C=O) groups excluding carboxylic acids is 1. The summed E-state index contributed by atoms with van der Waals surface area (Å²) < 4.78 is 5.30. The van der Waals surface area contributed by atoms with Gasteiger partial charge in [0, 0.05) is 12.2 Å². The van der Waals surface area contributed by atoms with Crippen LogP contribution in [0.25, 0.3) is 0 Å². The van der Waals surface area contributed by atoms with Crippen LogP contribution in [0.1, 0.15) is 28.6 Å². The molecule has 0 saturated carbocycles. The number of amides is 1. The van der Waals surface area contributed by atoms with Crippen LogP contribution in [0.5, 0.6) is 0 Å². The highest BCUT2D eigenvalue weighted by Crippen LogP contribution is 2.21. The smallest absolute Gasteiger partial charge is 0.263 e. The number of aliphatic hydroxyl groups excluding tert-OH is 1. The van der Waals surface area contributed by atoms with Gasteiger partial charge in [-0.05, 0) is 24.8 Å². The molecule has 0 aliphatic carbocycles. The molecule has 1 atom stereocenters. The van der Waals surface area contributed by atoms with Crippen molar-refractivity contribution in [2.24, 2.45) is 0 Å². The maximum absolute atomic E-state index is 12.2. The Bertz CT molecular complexity index is 492. The third-order valence-electron chi connectivity index (χ3n) is 2.81. The number of hydrogen-bond donors (Lipinski definition) is 2. The van der Waals surface area contributed by atoms with Crippen LogP contribution in [0.3, 0.4) is 0 Å². The number of rotatable bonds is 2. The highest BCUT2D eigenvalue weighted by molar-refractivity contribution is 7.12. The van der Waals surface area contributed by atoms with Gasteiger partial charge in [0.15, 0.2) is 0 Å². The molecule has 18 heavy (non-hydrogen) atoms. The second-order valence-corrected chi connectivity index (χ2v) is 5.36. The van der Waals surface area contributed by atoms with Gasteiger partial charge in [0.05, 0.1) is 12.1 Å². The highest BCUT2D eigenvalue weighted by Gasteiger charge is 2.32. The van der Waals surface area contributed by atoms with Gasteiger partial charge in [0.1, 0.15) is 11.5 Å². The molecule has 96 valence electrons. The van der Waals surface area contributed by atoms with E-state index in [9.17, 15) is 4.79 Å². The first-order chi connectivity index (χ1) is 8.64. The minimum atomic E-state index is -0.289. The van der Waals surface area contributed by atoms with Crippen molar-refractivity contribution in [3.63, 3.8) is 0 Å². The van der Waals surface area contributed by atoms with Gasteiger partial charge in [0.2, 0.25) is 0 Å². The van der Waals surface area contributed by atoms with Crippen LogP contribution in [0.4, 0.5) is 0 Å². The summed E-state index contributed by atoms with van der Waals surface area (Å²) in [7, 11) is 0. The van der Waals surface area contributed by atoms with Crippen molar-refractivity contribution < 1.29 is 14.6 Å². The average molecular weight is 265 g/mol. The van der Waals surface area contributed by atoms with Crippen LogP contribution in [-0.4, -0.2) is 36.4 Å². The SMILES string of the molecule is CC1(NC(=O)c2sccc2C#CCO)CCOC1. The summed E-state index contributed by atoms with van der Waals surface area (Å²) in [6.07, 6.45) is 0.821. The molecule has 1 unspecified atom stereocenters. The summed E-state index contributed by atoms with van der Waals surface area (Å²) in [5.41, 5.74) is 0.372. The number of carbonyl (C=O) groups is 1. The van der Waals surface area contributed by atoms with E-state index in [1.807, 2.05) is 12.3 Å². The van der Waals surface area contributed by atoms with Crippen molar-refractivity contribution >= 4 is 17.2 Å². The lowest BCUT2D eigenvalue weighted by molar-refractivity contribution is 0.0894. The van der Waals surface area contributed by atoms with E-state index in [1.54, 1.807) is 6.07 Å². The van der Waals surface area contributed by atoms with Gasteiger partial charge in [-0.25, -0.2) is 0 Å². The number of nitrogens with one attached hydrogen (secondary N) is 1. The Morgan fingerprint density at radius 2 is 2.56 bits per heavy atom. The first-order valence-electron chi connectivity index (χ1n) is 5.72. The maximum atomic E-state index is 12.2. The average Bonchev–Trinajstić information content (AvgIpc) is 2.95. The third-order valence-corrected chi connectivity index (χ3v) is 3.72. The molecular formula is C13H15NO3S. The Labute approximate surface area is 110 Å². The lowest BCUT2D eigenvalue weighted by atomic mass is 10.0. The summed E-state index contributed by atoms with van der Waals surface area (Å²) in [6.45, 7) is 2.99. The lowest BCUT2D eigenvalue weighted by Crippen LogP contribution is -2.46. The molecule has 4 nitrogen and oxygen atoms in total. The fourth-order valence-electron chi connectivity index (χ4n) is 1.81. The van der Waals surface area contributed by atoms with Crippen LogP contribution in [-0.2, 0) is 4.74 Å². The number of thiophene rings is 1. The van der Waals surface area contributed by atoms with E-state index in [1.165, 1.54) is 11.3 Å². The predicted molar refractivity (Wildman–Crippen MR) is 69.6 cm³/mol. The molecule has 2 rings (SSSR count). The molecule has 1 saturated heterocycles. The summed E-state index contributed by atoms with van der Waals surface area (Å²) in [4.78, 5) is 12.8. The quantitative estimate of drug-likeness (QED) is 0.784. The summed E-state index contributed by atoms with van der Waals surface area (Å²) in [5.74, 6) is 5.21. The monoisotopic (exact) mass is 265 g/mol. The molecule has 0 spiro atoms. The van der Waals surface area contributed by atoms with Crippen molar-refractivity contribution in [2.45, 2.75) is 18.9 Å². The second-order valence-electron chi connectivity index (χ2n) is 4.44. The fraction of sp³-hybridized carbons (Fsp3) is 0.462. The molecule has 1 fully saturated rings. The Kier molecular flexibility index (Phi) is 4.02. The molecule has 1 aliphatic heterocycles. The Balaban J connectivity index is 2.11. The summed E-state index contributed by atoms with van der Waals surface area (Å²) in [6, 6.07) is 1.79. The number of ether oxygens (including phenoxy) is 1. The van der Waals surface area contributed by atoms with E-state index < -0.39 is 0 Å². The first kappa shape index (κ1) is 13.1. The Morgan fingerprint density at radius 1 is 1.72 bits per heavy atom. The molecule has 1 aromatic rings. The molecular weight excluding hydrogens is 250 g/mol. The minimum Gasteiger partial charge on any atom is -0.384 e. The van der Waals surface area contributed by atoms with Gasteiger partial charge >= 0.3 is 0 Å². The number of aliphatic hydroxyl groups is 1. The molecule has 1 amide bonds. The zero-order valence-corrected chi connectivity index (χ0v) is 11.0. The molecule has 0 aromatic carbocycles. The highest BCUT2D eigenvalue weighted by atomic mass is 32.1. The standard InChI is InChI=1S/C13H15NO3S/c1-13(5-7-17-9-13)14-12(16)11-10(3-2-6-15)4-8-18-11/h4,8,15H,5-7,9H2,1H3,(H,14,16). The van der Waals surface area contributed by atoms with E-state index >= 15 is 0 Å². The molecule has 2 heterocycles. The second kappa shape index (κ2) is 5.53. The van der Waals surface area contributed by atoms with E-state index in [2.05, 4.69) is 17.2 Å². The van der Waals surface area contributed by atoms with Crippen LogP contribution >= 0.6 is 11.3 Å². The van der Waals surface area contributed by atoms with Crippen LogP contribution in [0.15, 0.2) is 11.4 Å². The van der Waals surface area contributed by atoms with Gasteiger partial charge < -0.3 is 15.2 Å². The first-order valence-corrected chi connectivity index (χ1v) is 6.60. The largest absolute Gasteiger partial charge is 0.384 e. The topological polar surface area (TPSA) is 58.6 Å². The lowest BCUT2D eigenvalue weighted by Gasteiger charge is -2.23. The van der Waals surface area contributed by atoms with Crippen molar-refractivity contribution in [1.29, 1.82) is 0 Å². The van der Waals surface area contributed by atoms with Crippen LogP contribution in [0, 0.1) is 11.8 Å².